The molecule has 0 aromatic rings. The molecule has 0 amide bonds. The largest absolute Gasteiger partial charge is 0.472 e. The van der Waals surface area contributed by atoms with E-state index in [9.17, 15) is 34.1 Å². The van der Waals surface area contributed by atoms with E-state index in [2.05, 4.69) is 62.5 Å². The smallest absolute Gasteiger partial charge is 0.462 e. The fourth-order valence-corrected chi connectivity index (χ4v) is 7.25. The number of carbonyl (C=O) groups excluding carboxylic acids is 3. The molecule has 13 heteroatoms. The summed E-state index contributed by atoms with van der Waals surface area (Å²) in [5.74, 6) is -1.83. The highest BCUT2D eigenvalue weighted by molar-refractivity contribution is 7.47. The van der Waals surface area contributed by atoms with Gasteiger partial charge in [0.25, 0.3) is 0 Å². The minimum absolute atomic E-state index is 0.00640. The van der Waals surface area contributed by atoms with E-state index >= 15 is 0 Å². The summed E-state index contributed by atoms with van der Waals surface area (Å²) >= 11 is 0. The summed E-state index contributed by atoms with van der Waals surface area (Å²) in [7, 11) is 1.27. The molecular weight excluding hydrogens is 822 g/mol. The maximum Gasteiger partial charge on any atom is 0.472 e. The van der Waals surface area contributed by atoms with Crippen molar-refractivity contribution < 1.29 is 57.1 Å². The van der Waals surface area contributed by atoms with Crippen molar-refractivity contribution in [3.05, 3.63) is 85.1 Å². The van der Waals surface area contributed by atoms with Gasteiger partial charge in [-0.3, -0.25) is 23.4 Å². The number of aliphatic hydroxyl groups excluding tert-OH is 2. The highest BCUT2D eigenvalue weighted by Crippen LogP contribution is 2.43. The van der Waals surface area contributed by atoms with E-state index in [0.717, 1.165) is 51.4 Å². The summed E-state index contributed by atoms with van der Waals surface area (Å²) in [4.78, 5) is 48.1. The molecule has 1 saturated carbocycles. The van der Waals surface area contributed by atoms with E-state index in [1.807, 2.05) is 45.4 Å². The molecular formula is C50H83NO11P+. The number of hydrogen-bond acceptors (Lipinski definition) is 10. The second-order valence-electron chi connectivity index (χ2n) is 17.2. The van der Waals surface area contributed by atoms with Gasteiger partial charge in [-0.15, -0.1) is 0 Å². The number of likely N-dealkylation sites (N-methyl/N-ethyl adjacent to an activating group) is 1. The molecule has 1 aliphatic rings. The number of esters is 2. The average Bonchev–Trinajstić information content (AvgIpc) is 3.50. The maximum atomic E-state index is 12.7. The van der Waals surface area contributed by atoms with Crippen LogP contribution >= 0.6 is 7.82 Å². The predicted octanol–water partition coefficient (Wildman–Crippen LogP) is 10.2. The Hall–Kier alpha value is -3.22. The van der Waals surface area contributed by atoms with Crippen molar-refractivity contribution >= 4 is 25.5 Å². The Labute approximate surface area is 380 Å². The standard InChI is InChI=1S/C50H82NO11P/c1-6-8-10-11-12-13-14-15-16-17-18-19-20-21-22-23-24-25-31-35-50(56)62-44(42-61-63(57,58)60-39-38-51(3,4)5)41-59-49(55)34-30-27-26-29-33-45-46(48(54)40-47(45)53)37-36-43(52)32-28-9-7-2/h12-13,15-16,18-19,21-22,24-26,29,36-37,43-46,48,52,54H,6-11,14,17,20,23,27-28,30-35,38-42H2,1-5H3/p+1/b13-12-,16-15-,19-18-,22-21-,25-24-,29-26-,37-36+/t43-,44+,45+,46+,48+/m0/s1. The van der Waals surface area contributed by atoms with Gasteiger partial charge in [0.15, 0.2) is 6.10 Å². The number of ether oxygens (including phenoxy) is 2. The third-order valence-corrected chi connectivity index (χ3v) is 11.3. The number of quaternary nitrogens is 1. The molecule has 3 N–H and O–H groups in total. The lowest BCUT2D eigenvalue weighted by Gasteiger charge is -2.24. The maximum absolute atomic E-state index is 12.7. The molecule has 1 unspecified atom stereocenters. The summed E-state index contributed by atoms with van der Waals surface area (Å²) in [5.41, 5.74) is 0. The van der Waals surface area contributed by atoms with Crippen LogP contribution in [0.3, 0.4) is 0 Å². The number of rotatable bonds is 37. The number of phosphoric ester groups is 1. The van der Waals surface area contributed by atoms with Crippen molar-refractivity contribution in [1.29, 1.82) is 0 Å². The molecule has 6 atom stereocenters. The summed E-state index contributed by atoms with van der Waals surface area (Å²) in [6.45, 7) is 3.87. The molecule has 0 aliphatic heterocycles. The van der Waals surface area contributed by atoms with Crippen LogP contribution in [0.4, 0.5) is 0 Å². The van der Waals surface area contributed by atoms with Crippen molar-refractivity contribution in [3.63, 3.8) is 0 Å². The van der Waals surface area contributed by atoms with Crippen LogP contribution in [-0.4, -0.2) is 103 Å². The van der Waals surface area contributed by atoms with Crippen molar-refractivity contribution in [2.75, 3.05) is 47.5 Å². The van der Waals surface area contributed by atoms with Gasteiger partial charge in [-0.1, -0.05) is 131 Å². The fourth-order valence-electron chi connectivity index (χ4n) is 6.51. The lowest BCUT2D eigenvalue weighted by atomic mass is 9.90. The normalized spacial score (nSPS) is 19.6. The first-order chi connectivity index (χ1) is 30.2. The number of allylic oxidation sites excluding steroid dienone is 12. The minimum atomic E-state index is -4.47. The van der Waals surface area contributed by atoms with E-state index in [1.165, 1.54) is 19.3 Å². The Morgan fingerprint density at radius 3 is 1.94 bits per heavy atom. The summed E-state index contributed by atoms with van der Waals surface area (Å²) in [6.07, 6.45) is 40.1. The number of hydrogen-bond donors (Lipinski definition) is 3. The van der Waals surface area contributed by atoms with Crippen LogP contribution in [0.2, 0.25) is 0 Å². The van der Waals surface area contributed by atoms with Gasteiger partial charge in [0.05, 0.1) is 40.0 Å². The Bertz CT molecular complexity index is 1510. The number of Topliss-reactive ketones (excluding diaryl/α,β-unsaturated/α-hetero) is 1. The second kappa shape index (κ2) is 36.1. The Morgan fingerprint density at radius 2 is 1.32 bits per heavy atom. The van der Waals surface area contributed by atoms with E-state index in [-0.39, 0.29) is 50.1 Å². The molecule has 12 nitrogen and oxygen atoms in total. The second-order valence-corrected chi connectivity index (χ2v) is 18.7. The number of phosphoric acid groups is 1. The first kappa shape index (κ1) is 57.8. The van der Waals surface area contributed by atoms with Crippen molar-refractivity contribution in [2.45, 2.75) is 154 Å². The zero-order valence-corrected chi connectivity index (χ0v) is 40.1. The molecule has 0 spiro atoms. The van der Waals surface area contributed by atoms with Gasteiger partial charge in [-0.2, -0.15) is 0 Å². The topological polar surface area (TPSA) is 166 Å². The van der Waals surface area contributed by atoms with Crippen LogP contribution in [-0.2, 0) is 37.5 Å². The van der Waals surface area contributed by atoms with Crippen LogP contribution in [0.15, 0.2) is 85.1 Å². The monoisotopic (exact) mass is 905 g/mol. The van der Waals surface area contributed by atoms with E-state index in [4.69, 9.17) is 18.5 Å². The first-order valence-electron chi connectivity index (χ1n) is 23.4. The Morgan fingerprint density at radius 1 is 0.746 bits per heavy atom. The SMILES string of the molecule is CCCCC/C=C\C/C=C\C/C=C\C/C=C\C/C=C\CCC(=O)O[C@H](COC(=O)CCC/C=C\C[C@H]1C(=O)C[C@@H](O)[C@@H]1/C=C/[C@@H](O)CCCCC)COP(=O)(O)OCC[N+](C)(C)C. The first-order valence-corrected chi connectivity index (χ1v) is 24.9. The molecule has 0 heterocycles. The molecule has 0 saturated heterocycles. The van der Waals surface area contributed by atoms with Gasteiger partial charge < -0.3 is 29.1 Å². The highest BCUT2D eigenvalue weighted by Gasteiger charge is 2.39. The van der Waals surface area contributed by atoms with Crippen molar-refractivity contribution in [3.8, 4) is 0 Å². The average molecular weight is 905 g/mol. The van der Waals surface area contributed by atoms with Crippen molar-refractivity contribution in [2.24, 2.45) is 11.8 Å². The number of aliphatic hydroxyl groups is 2. The predicted molar refractivity (Wildman–Crippen MR) is 253 cm³/mol. The Balaban J connectivity index is 2.54. The zero-order valence-electron chi connectivity index (χ0n) is 39.2. The highest BCUT2D eigenvalue weighted by atomic mass is 31.2. The molecule has 0 bridgehead atoms. The summed E-state index contributed by atoms with van der Waals surface area (Å²) in [6, 6.07) is 0. The third kappa shape index (κ3) is 33.0. The van der Waals surface area contributed by atoms with Gasteiger partial charge in [0, 0.05) is 31.1 Å². The van der Waals surface area contributed by atoms with Gasteiger partial charge >= 0.3 is 19.8 Å². The van der Waals surface area contributed by atoms with E-state index in [0.29, 0.717) is 43.1 Å². The molecule has 1 aliphatic carbocycles. The quantitative estimate of drug-likeness (QED) is 0.0179. The molecule has 0 aromatic carbocycles. The molecule has 358 valence electrons. The van der Waals surface area contributed by atoms with E-state index in [1.54, 1.807) is 12.2 Å². The molecule has 0 aromatic heterocycles. The van der Waals surface area contributed by atoms with Crippen LogP contribution in [0.25, 0.3) is 0 Å². The van der Waals surface area contributed by atoms with Crippen LogP contribution in [0, 0.1) is 11.8 Å². The minimum Gasteiger partial charge on any atom is -0.462 e. The fraction of sp³-hybridized carbons (Fsp3) is 0.660. The summed E-state index contributed by atoms with van der Waals surface area (Å²) in [5, 5.41) is 20.7. The lowest BCUT2D eigenvalue weighted by Crippen LogP contribution is -2.37. The molecule has 63 heavy (non-hydrogen) atoms. The van der Waals surface area contributed by atoms with E-state index < -0.39 is 44.7 Å². The molecule has 1 fully saturated rings. The lowest BCUT2D eigenvalue weighted by molar-refractivity contribution is -0.870. The van der Waals surface area contributed by atoms with Gasteiger partial charge in [-0.05, 0) is 70.6 Å². The molecule has 1 rings (SSSR count). The number of carbonyl (C=O) groups is 3. The van der Waals surface area contributed by atoms with Crippen LogP contribution in [0.1, 0.15) is 136 Å². The third-order valence-electron chi connectivity index (χ3n) is 10.3. The van der Waals surface area contributed by atoms with Crippen molar-refractivity contribution in [1.82, 2.24) is 0 Å². The van der Waals surface area contributed by atoms with Gasteiger partial charge in [0.1, 0.15) is 25.5 Å². The number of nitrogens with zero attached hydrogens (tertiary/aromatic N) is 1. The summed E-state index contributed by atoms with van der Waals surface area (Å²) < 4.78 is 34.2. The van der Waals surface area contributed by atoms with Gasteiger partial charge in [-0.25, -0.2) is 4.57 Å². The zero-order chi connectivity index (χ0) is 46.6. The number of ketones is 1. The van der Waals surface area contributed by atoms with Gasteiger partial charge in [0.2, 0.25) is 0 Å². The number of unbranched alkanes of at least 4 members (excludes halogenated alkanes) is 6. The van der Waals surface area contributed by atoms with Crippen LogP contribution in [0.5, 0.6) is 0 Å². The Kier molecular flexibility index (Phi) is 33.1. The van der Waals surface area contributed by atoms with Crippen LogP contribution < -0.4 is 0 Å². The molecule has 0 radical (unpaired) electrons.